The summed E-state index contributed by atoms with van der Waals surface area (Å²) in [6, 6.07) is 12.8. The zero-order valence-corrected chi connectivity index (χ0v) is 24.6. The van der Waals surface area contributed by atoms with Crippen LogP contribution in [0.1, 0.15) is 42.3 Å². The highest BCUT2D eigenvalue weighted by Gasteiger charge is 2.27. The van der Waals surface area contributed by atoms with Gasteiger partial charge in [-0.3, -0.25) is 20.0 Å². The largest absolute Gasteiger partial charge is 0.497 e. The Morgan fingerprint density at radius 3 is 2.29 bits per heavy atom. The number of nitrogens with one attached hydrogen (secondary N) is 2. The van der Waals surface area contributed by atoms with Crippen molar-refractivity contribution in [1.29, 1.82) is 5.41 Å². The number of hydrogen-bond acceptors (Lipinski definition) is 9. The number of rotatable bonds is 10. The van der Waals surface area contributed by atoms with Gasteiger partial charge < -0.3 is 31.2 Å². The van der Waals surface area contributed by atoms with E-state index in [1.54, 1.807) is 36.4 Å². The molecule has 4 aromatic rings. The summed E-state index contributed by atoms with van der Waals surface area (Å²) in [5, 5.41) is 26.8. The van der Waals surface area contributed by atoms with Crippen LogP contribution in [0.3, 0.4) is 0 Å². The van der Waals surface area contributed by atoms with E-state index in [2.05, 4.69) is 15.1 Å². The molecule has 0 aliphatic carbocycles. The first-order chi connectivity index (χ1) is 21.3. The van der Waals surface area contributed by atoms with Crippen molar-refractivity contribution in [3.05, 3.63) is 93.5 Å². The van der Waals surface area contributed by atoms with Crippen molar-refractivity contribution in [3.8, 4) is 17.2 Å². The number of carboxylic acid groups (broad SMARTS) is 2. The second-order valence-electron chi connectivity index (χ2n) is 9.11. The Morgan fingerprint density at radius 2 is 1.76 bits per heavy atom. The number of benzene rings is 2. The smallest absolute Gasteiger partial charge is 0.348 e. The number of methoxy groups -OCH3 is 1. The maximum atomic E-state index is 15.7. The fourth-order valence-corrected chi connectivity index (χ4v) is 3.88. The molecule has 2 aromatic carbocycles. The molecule has 0 aliphatic rings. The summed E-state index contributed by atoms with van der Waals surface area (Å²) in [4.78, 5) is 37.5. The average molecular weight is 630 g/mol. The summed E-state index contributed by atoms with van der Waals surface area (Å²) in [5.74, 6) is -2.99. The molecular formula is C29H33F2N7O7. The van der Waals surface area contributed by atoms with Crippen molar-refractivity contribution in [1.82, 2.24) is 19.7 Å². The Hall–Kier alpha value is -5.80. The number of aromatic amines is 1. The Kier molecular flexibility index (Phi) is 13.2. The van der Waals surface area contributed by atoms with Gasteiger partial charge in [0, 0.05) is 37.2 Å². The number of nitrogen functional groups attached to an aromatic ring is 2. The minimum Gasteiger partial charge on any atom is -0.497 e. The minimum absolute atomic E-state index is 0.0891. The number of nitrogens with zero attached hydrogens (tertiary/aromatic N) is 3. The summed E-state index contributed by atoms with van der Waals surface area (Å²) in [7, 11) is 1.41. The predicted octanol–water partition coefficient (Wildman–Crippen LogP) is 2.87. The van der Waals surface area contributed by atoms with Crippen molar-refractivity contribution >= 4 is 23.6 Å². The summed E-state index contributed by atoms with van der Waals surface area (Å²) in [5.41, 5.74) is 12.5. The fourth-order valence-electron chi connectivity index (χ4n) is 3.88. The zero-order valence-electron chi connectivity index (χ0n) is 24.6. The molecule has 0 radical (unpaired) electrons. The van der Waals surface area contributed by atoms with Crippen LogP contribution in [-0.4, -0.2) is 68.1 Å². The third-order valence-electron chi connectivity index (χ3n) is 5.70. The second-order valence-corrected chi connectivity index (χ2v) is 9.11. The average Bonchev–Trinajstić information content (AvgIpc) is 3.36. The topological polar surface area (TPSA) is 233 Å². The summed E-state index contributed by atoms with van der Waals surface area (Å²) in [6.45, 7) is 1.02. The van der Waals surface area contributed by atoms with Gasteiger partial charge in [0.05, 0.1) is 13.0 Å². The maximum Gasteiger partial charge on any atom is 0.348 e. The number of hydrogen-bond donors (Lipinski definition) is 6. The number of carboxylic acids is 2. The first-order valence-electron chi connectivity index (χ1n) is 13.1. The van der Waals surface area contributed by atoms with E-state index in [1.165, 1.54) is 25.4 Å². The molecule has 0 fully saturated rings. The Balaban J connectivity index is 0.000000789. The monoisotopic (exact) mass is 629 g/mol. The van der Waals surface area contributed by atoms with Crippen LogP contribution in [0.5, 0.6) is 11.5 Å². The van der Waals surface area contributed by atoms with Crippen LogP contribution in [-0.2, 0) is 16.0 Å². The standard InChI is InChI=1S/C25H25F2N7O3.2C2H4O2/c1-36-16-12-17(21(27)20(13-16)37-10-8-26)18(11-14-4-6-15(7-5-14)22(28)29)24-32-25(35)34(33-24)19-3-2-9-31-23(19)30;2*1-2(3)4/h2-7,9,12-13,18H,8,10-11H2,1H3,(H3,28,29)(H2,30,31)(H,32,33,35);2*1H3,(H,3,4). The highest BCUT2D eigenvalue weighted by Crippen LogP contribution is 2.36. The van der Waals surface area contributed by atoms with E-state index in [0.29, 0.717) is 5.56 Å². The van der Waals surface area contributed by atoms with Gasteiger partial charge in [0.2, 0.25) is 0 Å². The number of aliphatic carboxylic acids is 2. The molecule has 2 heterocycles. The summed E-state index contributed by atoms with van der Waals surface area (Å²) in [6.07, 6.45) is 1.68. The highest BCUT2D eigenvalue weighted by molar-refractivity contribution is 5.94. The normalized spacial score (nSPS) is 10.8. The lowest BCUT2D eigenvalue weighted by molar-refractivity contribution is -0.135. The molecule has 0 amide bonds. The molecular weight excluding hydrogens is 596 g/mol. The molecule has 0 saturated carbocycles. The van der Waals surface area contributed by atoms with E-state index in [9.17, 15) is 9.18 Å². The molecule has 0 spiro atoms. The first kappa shape index (κ1) is 35.4. The molecule has 8 N–H and O–H groups in total. The van der Waals surface area contributed by atoms with Crippen LogP contribution in [0, 0.1) is 11.2 Å². The van der Waals surface area contributed by atoms with Gasteiger partial charge in [-0.05, 0) is 30.2 Å². The van der Waals surface area contributed by atoms with Crippen molar-refractivity contribution in [2.24, 2.45) is 5.73 Å². The lowest BCUT2D eigenvalue weighted by atomic mass is 9.90. The van der Waals surface area contributed by atoms with E-state index in [0.717, 1.165) is 24.1 Å². The number of amidine groups is 1. The van der Waals surface area contributed by atoms with Gasteiger partial charge in [-0.15, -0.1) is 5.10 Å². The number of anilines is 1. The Labute approximate surface area is 255 Å². The summed E-state index contributed by atoms with van der Waals surface area (Å²) >= 11 is 0. The van der Waals surface area contributed by atoms with Gasteiger partial charge in [0.1, 0.15) is 42.2 Å². The van der Waals surface area contributed by atoms with Crippen molar-refractivity contribution in [2.45, 2.75) is 26.2 Å². The molecule has 4 rings (SSSR count). The predicted molar refractivity (Wildman–Crippen MR) is 160 cm³/mol. The number of alkyl halides is 1. The molecule has 1 unspecified atom stereocenters. The number of pyridine rings is 1. The summed E-state index contributed by atoms with van der Waals surface area (Å²) < 4.78 is 40.1. The van der Waals surface area contributed by atoms with Crippen LogP contribution < -0.4 is 26.6 Å². The van der Waals surface area contributed by atoms with Crippen LogP contribution in [0.25, 0.3) is 5.69 Å². The lowest BCUT2D eigenvalue weighted by Crippen LogP contribution is -2.17. The molecule has 0 bridgehead atoms. The Bertz CT molecular complexity index is 1650. The lowest BCUT2D eigenvalue weighted by Gasteiger charge is -2.19. The van der Waals surface area contributed by atoms with Crippen LogP contribution in [0.4, 0.5) is 14.6 Å². The van der Waals surface area contributed by atoms with Gasteiger partial charge in [0.25, 0.3) is 11.9 Å². The molecule has 0 aliphatic heterocycles. The SMILES string of the molecule is CC(=O)O.CC(=O)O.COc1cc(OCCF)c(F)c(C(Cc2ccc(C(=N)N)cc2)c2nn(-c3cccnc3N)c(=O)[nH]2)c1. The zero-order chi connectivity index (χ0) is 33.7. The molecule has 2 aromatic heterocycles. The van der Waals surface area contributed by atoms with Crippen LogP contribution >= 0.6 is 0 Å². The molecule has 45 heavy (non-hydrogen) atoms. The van der Waals surface area contributed by atoms with Gasteiger partial charge in [-0.2, -0.15) is 4.68 Å². The van der Waals surface area contributed by atoms with Gasteiger partial charge >= 0.3 is 5.69 Å². The van der Waals surface area contributed by atoms with Gasteiger partial charge in [0.15, 0.2) is 11.6 Å². The number of aromatic nitrogens is 4. The van der Waals surface area contributed by atoms with Crippen LogP contribution in [0.15, 0.2) is 59.5 Å². The molecule has 1 atom stereocenters. The van der Waals surface area contributed by atoms with E-state index in [-0.39, 0.29) is 53.3 Å². The van der Waals surface area contributed by atoms with E-state index >= 15 is 4.39 Å². The Morgan fingerprint density at radius 1 is 1.13 bits per heavy atom. The van der Waals surface area contributed by atoms with Crippen LogP contribution in [0.2, 0.25) is 0 Å². The van der Waals surface area contributed by atoms with Gasteiger partial charge in [-0.1, -0.05) is 24.3 Å². The third-order valence-corrected chi connectivity index (χ3v) is 5.70. The highest BCUT2D eigenvalue weighted by atomic mass is 19.1. The number of H-pyrrole nitrogens is 1. The van der Waals surface area contributed by atoms with Gasteiger partial charge in [-0.25, -0.2) is 18.6 Å². The second kappa shape index (κ2) is 16.7. The number of halogens is 2. The molecule has 0 saturated heterocycles. The van der Waals surface area contributed by atoms with E-state index in [4.69, 9.17) is 46.2 Å². The van der Waals surface area contributed by atoms with E-state index < -0.39 is 36.0 Å². The van der Waals surface area contributed by atoms with Crippen molar-refractivity contribution < 1.29 is 38.1 Å². The molecule has 14 nitrogen and oxygen atoms in total. The van der Waals surface area contributed by atoms with Crippen molar-refractivity contribution in [3.63, 3.8) is 0 Å². The number of ether oxygens (including phenoxy) is 2. The fraction of sp³-hybridized carbons (Fsp3) is 0.241. The van der Waals surface area contributed by atoms with Crippen molar-refractivity contribution in [2.75, 3.05) is 26.1 Å². The molecule has 16 heteroatoms. The third kappa shape index (κ3) is 10.5. The van der Waals surface area contributed by atoms with E-state index in [1.807, 2.05) is 0 Å². The minimum atomic E-state index is -0.833. The number of nitrogens with two attached hydrogens (primary N) is 2. The molecule has 240 valence electrons. The maximum absolute atomic E-state index is 15.7. The number of carbonyl (C=O) groups is 2. The first-order valence-corrected chi connectivity index (χ1v) is 13.1. The quantitative estimate of drug-likeness (QED) is 0.110.